The quantitative estimate of drug-likeness (QED) is 0.580. The van der Waals surface area contributed by atoms with E-state index in [1.165, 1.54) is 18.2 Å². The Kier molecular flexibility index (Phi) is 4.07. The summed E-state index contributed by atoms with van der Waals surface area (Å²) in [7, 11) is 1.85. The second kappa shape index (κ2) is 6.19. The highest BCUT2D eigenvalue weighted by molar-refractivity contribution is 6.06. The molecule has 7 nitrogen and oxygen atoms in total. The number of phenolic OH excluding ortho intramolecular Hbond substituents is 1. The number of aromatic hydroxyl groups is 1. The van der Waals surface area contributed by atoms with Crippen LogP contribution in [0.1, 0.15) is 34.8 Å². The van der Waals surface area contributed by atoms with E-state index in [2.05, 4.69) is 22.3 Å². The first-order valence-corrected chi connectivity index (χ1v) is 7.59. The first-order chi connectivity index (χ1) is 11.5. The number of benzene rings is 1. The first-order valence-electron chi connectivity index (χ1n) is 7.59. The lowest BCUT2D eigenvalue weighted by Crippen LogP contribution is -2.14. The van der Waals surface area contributed by atoms with Gasteiger partial charge in [0.05, 0.1) is 23.3 Å². The van der Waals surface area contributed by atoms with Crippen molar-refractivity contribution in [2.45, 2.75) is 18.8 Å². The van der Waals surface area contributed by atoms with E-state index < -0.39 is 5.91 Å². The highest BCUT2D eigenvalue weighted by atomic mass is 16.3. The Morgan fingerprint density at radius 1 is 1.33 bits per heavy atom. The van der Waals surface area contributed by atoms with Gasteiger partial charge in [-0.1, -0.05) is 6.58 Å². The van der Waals surface area contributed by atoms with E-state index in [-0.39, 0.29) is 17.3 Å². The number of phenols is 1. The van der Waals surface area contributed by atoms with Gasteiger partial charge in [-0.25, -0.2) is 0 Å². The summed E-state index contributed by atoms with van der Waals surface area (Å²) in [5.41, 5.74) is 2.18. The SMILES string of the molecule is C=CC(=O)Nc1cc(C(=O)Nc2cnn(C)c2C2CC2)ccc1O. The molecule has 1 saturated carbocycles. The summed E-state index contributed by atoms with van der Waals surface area (Å²) in [5.74, 6) is -0.484. The molecule has 1 aliphatic carbocycles. The molecule has 3 N–H and O–H groups in total. The molecule has 0 atom stereocenters. The van der Waals surface area contributed by atoms with Crippen molar-refractivity contribution >= 4 is 23.2 Å². The van der Waals surface area contributed by atoms with E-state index >= 15 is 0 Å². The number of hydrogen-bond donors (Lipinski definition) is 3. The van der Waals surface area contributed by atoms with Crippen molar-refractivity contribution in [3.63, 3.8) is 0 Å². The molecule has 1 aromatic heterocycles. The lowest BCUT2D eigenvalue weighted by Gasteiger charge is -2.10. The zero-order chi connectivity index (χ0) is 17.3. The van der Waals surface area contributed by atoms with Crippen LogP contribution in [0.3, 0.4) is 0 Å². The molecule has 7 heteroatoms. The number of carbonyl (C=O) groups is 2. The summed E-state index contributed by atoms with van der Waals surface area (Å²) in [4.78, 5) is 23.9. The van der Waals surface area contributed by atoms with Gasteiger partial charge in [0.15, 0.2) is 0 Å². The second-order valence-electron chi connectivity index (χ2n) is 5.72. The van der Waals surface area contributed by atoms with E-state index in [1.54, 1.807) is 10.9 Å². The lowest BCUT2D eigenvalue weighted by molar-refractivity contribution is -0.111. The maximum Gasteiger partial charge on any atom is 0.255 e. The van der Waals surface area contributed by atoms with E-state index in [0.29, 0.717) is 17.2 Å². The molecular weight excluding hydrogens is 308 g/mol. The Hall–Kier alpha value is -3.09. The van der Waals surface area contributed by atoms with Gasteiger partial charge in [-0.3, -0.25) is 14.3 Å². The topological polar surface area (TPSA) is 96.3 Å². The van der Waals surface area contributed by atoms with Crippen LogP contribution in [-0.4, -0.2) is 26.7 Å². The summed E-state index contributed by atoms with van der Waals surface area (Å²) in [5, 5.41) is 19.3. The van der Waals surface area contributed by atoms with Gasteiger partial charge in [0.25, 0.3) is 5.91 Å². The van der Waals surface area contributed by atoms with E-state index in [4.69, 9.17) is 0 Å². The Labute approximate surface area is 139 Å². The van der Waals surface area contributed by atoms with Crippen molar-refractivity contribution < 1.29 is 14.7 Å². The van der Waals surface area contributed by atoms with Crippen LogP contribution in [0, 0.1) is 0 Å². The number of carbonyl (C=O) groups excluding carboxylic acids is 2. The normalized spacial score (nSPS) is 13.4. The monoisotopic (exact) mass is 326 g/mol. The van der Waals surface area contributed by atoms with Crippen molar-refractivity contribution in [3.05, 3.63) is 48.3 Å². The fourth-order valence-corrected chi connectivity index (χ4v) is 2.54. The van der Waals surface area contributed by atoms with Crippen molar-refractivity contribution in [2.24, 2.45) is 7.05 Å². The minimum absolute atomic E-state index is 0.123. The van der Waals surface area contributed by atoms with Crippen LogP contribution in [0.4, 0.5) is 11.4 Å². The number of aryl methyl sites for hydroxylation is 1. The molecule has 1 aliphatic rings. The lowest BCUT2D eigenvalue weighted by atomic mass is 10.1. The summed E-state index contributed by atoms with van der Waals surface area (Å²) >= 11 is 0. The number of aromatic nitrogens is 2. The van der Waals surface area contributed by atoms with Crippen LogP contribution in [0.25, 0.3) is 0 Å². The molecule has 0 aliphatic heterocycles. The molecule has 2 aromatic rings. The summed E-state index contributed by atoms with van der Waals surface area (Å²) < 4.78 is 1.78. The number of amides is 2. The fraction of sp³-hybridized carbons (Fsp3) is 0.235. The van der Waals surface area contributed by atoms with Gasteiger partial charge >= 0.3 is 0 Å². The molecule has 0 radical (unpaired) electrons. The Bertz CT molecular complexity index is 821. The van der Waals surface area contributed by atoms with Gasteiger partial charge in [-0.05, 0) is 37.1 Å². The van der Waals surface area contributed by atoms with Crippen LogP contribution >= 0.6 is 0 Å². The maximum atomic E-state index is 12.5. The second-order valence-corrected chi connectivity index (χ2v) is 5.72. The Morgan fingerprint density at radius 3 is 2.75 bits per heavy atom. The predicted molar refractivity (Wildman–Crippen MR) is 90.1 cm³/mol. The molecule has 3 rings (SSSR count). The van der Waals surface area contributed by atoms with Crippen LogP contribution in [0.15, 0.2) is 37.1 Å². The van der Waals surface area contributed by atoms with Gasteiger partial charge in [0.1, 0.15) is 5.75 Å². The third-order valence-corrected chi connectivity index (χ3v) is 3.90. The molecular formula is C17H18N4O3. The molecule has 0 unspecified atom stereocenters. The zero-order valence-electron chi connectivity index (χ0n) is 13.2. The number of nitrogens with zero attached hydrogens (tertiary/aromatic N) is 2. The average Bonchev–Trinajstić information content (AvgIpc) is 3.33. The predicted octanol–water partition coefficient (Wildman–Crippen LogP) is 2.38. The molecule has 0 spiro atoms. The Morgan fingerprint density at radius 2 is 2.08 bits per heavy atom. The van der Waals surface area contributed by atoms with Gasteiger partial charge in [0.2, 0.25) is 5.91 Å². The van der Waals surface area contributed by atoms with E-state index in [1.807, 2.05) is 7.05 Å². The number of hydrogen-bond acceptors (Lipinski definition) is 4. The van der Waals surface area contributed by atoms with Gasteiger partial charge < -0.3 is 15.7 Å². The molecule has 1 heterocycles. The minimum Gasteiger partial charge on any atom is -0.506 e. The molecule has 24 heavy (non-hydrogen) atoms. The molecule has 2 amide bonds. The molecule has 0 bridgehead atoms. The number of anilines is 2. The van der Waals surface area contributed by atoms with Crippen molar-refractivity contribution in [1.29, 1.82) is 0 Å². The number of nitrogens with one attached hydrogen (secondary N) is 2. The van der Waals surface area contributed by atoms with Gasteiger partial charge in [-0.15, -0.1) is 0 Å². The van der Waals surface area contributed by atoms with E-state index in [9.17, 15) is 14.7 Å². The summed E-state index contributed by atoms with van der Waals surface area (Å²) in [6, 6.07) is 4.26. The first kappa shape index (κ1) is 15.8. The van der Waals surface area contributed by atoms with E-state index in [0.717, 1.165) is 24.6 Å². The van der Waals surface area contributed by atoms with Gasteiger partial charge in [0, 0.05) is 18.5 Å². The minimum atomic E-state index is -0.467. The summed E-state index contributed by atoms with van der Waals surface area (Å²) in [6.07, 6.45) is 4.91. The Balaban J connectivity index is 1.81. The van der Waals surface area contributed by atoms with Gasteiger partial charge in [-0.2, -0.15) is 5.10 Å². The number of rotatable bonds is 5. The smallest absolute Gasteiger partial charge is 0.255 e. The highest BCUT2D eigenvalue weighted by Crippen LogP contribution is 2.43. The third-order valence-electron chi connectivity index (χ3n) is 3.90. The molecule has 1 aromatic carbocycles. The van der Waals surface area contributed by atoms with Crippen LogP contribution in [0.5, 0.6) is 5.75 Å². The van der Waals surface area contributed by atoms with Crippen molar-refractivity contribution in [2.75, 3.05) is 10.6 Å². The van der Waals surface area contributed by atoms with Crippen LogP contribution < -0.4 is 10.6 Å². The van der Waals surface area contributed by atoms with Crippen molar-refractivity contribution in [3.8, 4) is 5.75 Å². The fourth-order valence-electron chi connectivity index (χ4n) is 2.54. The summed E-state index contributed by atoms with van der Waals surface area (Å²) in [6.45, 7) is 3.35. The highest BCUT2D eigenvalue weighted by Gasteiger charge is 2.30. The maximum absolute atomic E-state index is 12.5. The molecule has 1 fully saturated rings. The average molecular weight is 326 g/mol. The molecule has 124 valence electrons. The van der Waals surface area contributed by atoms with Crippen LogP contribution in [0.2, 0.25) is 0 Å². The standard InChI is InChI=1S/C17H18N4O3/c1-3-15(23)19-12-8-11(6-7-14(12)22)17(24)20-13-9-18-21(2)16(13)10-4-5-10/h3,6-10,22H,1,4-5H2,2H3,(H,19,23)(H,20,24). The van der Waals surface area contributed by atoms with Crippen LogP contribution in [-0.2, 0) is 11.8 Å². The van der Waals surface area contributed by atoms with Crippen molar-refractivity contribution in [1.82, 2.24) is 9.78 Å². The third kappa shape index (κ3) is 3.15. The molecule has 0 saturated heterocycles. The zero-order valence-corrected chi connectivity index (χ0v) is 13.2. The largest absolute Gasteiger partial charge is 0.506 e.